The monoisotopic (exact) mass is 441 g/mol. The number of carbonyl (C=O) groups is 1. The number of carbonyl (C=O) groups excluding carboxylic acids is 1. The van der Waals surface area contributed by atoms with Gasteiger partial charge in [-0.3, -0.25) is 4.79 Å². The first-order chi connectivity index (χ1) is 14.9. The number of piperazine rings is 1. The van der Waals surface area contributed by atoms with Gasteiger partial charge in [-0.05, 0) is 44.5 Å². The van der Waals surface area contributed by atoms with E-state index in [-0.39, 0.29) is 5.91 Å². The molecule has 0 N–H and O–H groups in total. The fraction of sp³-hybridized carbons (Fsp3) is 0.542. The van der Waals surface area contributed by atoms with E-state index in [1.165, 1.54) is 0 Å². The van der Waals surface area contributed by atoms with Gasteiger partial charge in [-0.2, -0.15) is 0 Å². The van der Waals surface area contributed by atoms with E-state index in [0.717, 1.165) is 72.8 Å². The minimum Gasteiger partial charge on any atom is -0.357 e. The average molecular weight is 442 g/mol. The van der Waals surface area contributed by atoms with Crippen LogP contribution in [0.5, 0.6) is 0 Å². The third-order valence-corrected chi connectivity index (χ3v) is 6.64. The third kappa shape index (κ3) is 6.20. The molecule has 6 nitrogen and oxygen atoms in total. The zero-order chi connectivity index (χ0) is 22.4. The minimum atomic E-state index is 0.127. The van der Waals surface area contributed by atoms with Crippen LogP contribution in [-0.4, -0.2) is 72.0 Å². The summed E-state index contributed by atoms with van der Waals surface area (Å²) in [6.07, 6.45) is 0. The van der Waals surface area contributed by atoms with Crippen molar-refractivity contribution in [1.29, 1.82) is 0 Å². The number of thioether (sulfide) groups is 1. The predicted octanol–water partition coefficient (Wildman–Crippen LogP) is 4.13. The molecule has 1 aromatic carbocycles. The fourth-order valence-corrected chi connectivity index (χ4v) is 4.44. The molecule has 2 heterocycles. The Balaban J connectivity index is 1.72. The number of rotatable bonds is 8. The van der Waals surface area contributed by atoms with Gasteiger partial charge in [-0.15, -0.1) is 0 Å². The van der Waals surface area contributed by atoms with Gasteiger partial charge in [0, 0.05) is 62.3 Å². The zero-order valence-electron chi connectivity index (χ0n) is 19.5. The first-order valence-corrected chi connectivity index (χ1v) is 12.2. The molecular weight excluding hydrogens is 406 g/mol. The van der Waals surface area contributed by atoms with Crippen molar-refractivity contribution in [1.82, 2.24) is 19.8 Å². The molecule has 0 bridgehead atoms. The van der Waals surface area contributed by atoms with Crippen molar-refractivity contribution in [3.8, 4) is 0 Å². The topological polar surface area (TPSA) is 52.6 Å². The summed E-state index contributed by atoms with van der Waals surface area (Å²) < 4.78 is 0. The first kappa shape index (κ1) is 23.5. The number of amides is 1. The molecule has 2 aromatic rings. The van der Waals surface area contributed by atoms with Gasteiger partial charge in [0.2, 0.25) is 0 Å². The van der Waals surface area contributed by atoms with Crippen molar-refractivity contribution in [3.05, 3.63) is 47.2 Å². The maximum absolute atomic E-state index is 12.9. The molecule has 0 saturated carbocycles. The summed E-state index contributed by atoms with van der Waals surface area (Å²) in [6.45, 7) is 13.9. The smallest absolute Gasteiger partial charge is 0.253 e. The molecule has 0 atom stereocenters. The van der Waals surface area contributed by atoms with Crippen molar-refractivity contribution >= 4 is 23.5 Å². The Morgan fingerprint density at radius 3 is 2.45 bits per heavy atom. The van der Waals surface area contributed by atoms with Crippen molar-refractivity contribution in [3.63, 3.8) is 0 Å². The summed E-state index contributed by atoms with van der Waals surface area (Å²) in [5, 5.41) is 0.795. The van der Waals surface area contributed by atoms with Crippen LogP contribution in [0.15, 0.2) is 35.5 Å². The zero-order valence-corrected chi connectivity index (χ0v) is 20.3. The van der Waals surface area contributed by atoms with Crippen LogP contribution in [0.1, 0.15) is 55.2 Å². The Morgan fingerprint density at radius 2 is 1.81 bits per heavy atom. The number of benzene rings is 1. The van der Waals surface area contributed by atoms with E-state index in [9.17, 15) is 4.79 Å². The molecule has 168 valence electrons. The number of hydrogen-bond donors (Lipinski definition) is 0. The van der Waals surface area contributed by atoms with Crippen LogP contribution in [0, 0.1) is 0 Å². The predicted molar refractivity (Wildman–Crippen MR) is 129 cm³/mol. The molecule has 7 heteroatoms. The maximum Gasteiger partial charge on any atom is 0.253 e. The molecule has 3 rings (SSSR count). The number of aromatic nitrogens is 2. The highest BCUT2D eigenvalue weighted by Crippen LogP contribution is 2.26. The van der Waals surface area contributed by atoms with Crippen LogP contribution in [0.4, 0.5) is 5.82 Å². The second-order valence-electron chi connectivity index (χ2n) is 8.35. The Bertz CT molecular complexity index is 876. The lowest BCUT2D eigenvalue weighted by Gasteiger charge is -2.32. The molecule has 1 saturated heterocycles. The highest BCUT2D eigenvalue weighted by Gasteiger charge is 2.20. The summed E-state index contributed by atoms with van der Waals surface area (Å²) in [7, 11) is 2.10. The van der Waals surface area contributed by atoms with Crippen LogP contribution in [0.2, 0.25) is 0 Å². The highest BCUT2D eigenvalue weighted by molar-refractivity contribution is 7.98. The largest absolute Gasteiger partial charge is 0.357 e. The molecule has 1 aliphatic rings. The van der Waals surface area contributed by atoms with Gasteiger partial charge in [0.05, 0.1) is 0 Å². The van der Waals surface area contributed by atoms with E-state index in [0.29, 0.717) is 5.92 Å². The first-order valence-electron chi connectivity index (χ1n) is 11.2. The molecule has 1 aliphatic heterocycles. The summed E-state index contributed by atoms with van der Waals surface area (Å²) >= 11 is 1.63. The molecular formula is C24H35N5OS. The van der Waals surface area contributed by atoms with Gasteiger partial charge < -0.3 is 14.7 Å². The number of likely N-dealkylation sites (N-methyl/N-ethyl adjacent to an activating group) is 1. The average Bonchev–Trinajstić information content (AvgIpc) is 2.78. The van der Waals surface area contributed by atoms with Gasteiger partial charge in [0.15, 0.2) is 5.16 Å². The lowest BCUT2D eigenvalue weighted by atomic mass is 10.1. The van der Waals surface area contributed by atoms with Gasteiger partial charge in [-0.25, -0.2) is 9.97 Å². The second-order valence-corrected chi connectivity index (χ2v) is 9.29. The molecule has 0 spiro atoms. The molecule has 1 aromatic heterocycles. The van der Waals surface area contributed by atoms with Gasteiger partial charge in [-0.1, -0.05) is 37.7 Å². The number of anilines is 1. The van der Waals surface area contributed by atoms with Crippen molar-refractivity contribution < 1.29 is 4.79 Å². The van der Waals surface area contributed by atoms with Crippen LogP contribution in [0.3, 0.4) is 0 Å². The van der Waals surface area contributed by atoms with Gasteiger partial charge in [0.1, 0.15) is 5.82 Å². The van der Waals surface area contributed by atoms with E-state index >= 15 is 0 Å². The maximum atomic E-state index is 12.9. The van der Waals surface area contributed by atoms with E-state index in [1.807, 2.05) is 23.1 Å². The van der Waals surface area contributed by atoms with E-state index in [1.54, 1.807) is 11.8 Å². The van der Waals surface area contributed by atoms with Gasteiger partial charge >= 0.3 is 0 Å². The van der Waals surface area contributed by atoms with Crippen molar-refractivity contribution in [2.24, 2.45) is 0 Å². The molecule has 0 aliphatic carbocycles. The fourth-order valence-electron chi connectivity index (χ4n) is 3.63. The third-order valence-electron chi connectivity index (χ3n) is 5.72. The normalized spacial score (nSPS) is 14.8. The van der Waals surface area contributed by atoms with E-state index < -0.39 is 0 Å². The lowest BCUT2D eigenvalue weighted by molar-refractivity contribution is 0.0664. The van der Waals surface area contributed by atoms with Crippen LogP contribution < -0.4 is 4.90 Å². The minimum absolute atomic E-state index is 0.127. The lowest BCUT2D eigenvalue weighted by Crippen LogP contribution is -2.47. The van der Waals surface area contributed by atoms with Crippen LogP contribution in [-0.2, 0) is 5.75 Å². The van der Waals surface area contributed by atoms with Crippen LogP contribution >= 0.6 is 11.8 Å². The van der Waals surface area contributed by atoms with Crippen LogP contribution in [0.25, 0.3) is 0 Å². The van der Waals surface area contributed by atoms with Crippen molar-refractivity contribution in [2.75, 3.05) is 51.2 Å². The Labute approximate surface area is 191 Å². The Morgan fingerprint density at radius 1 is 1.10 bits per heavy atom. The summed E-state index contributed by atoms with van der Waals surface area (Å²) in [6, 6.07) is 10.1. The molecule has 1 amide bonds. The second kappa shape index (κ2) is 11.0. The van der Waals surface area contributed by atoms with E-state index in [2.05, 4.69) is 56.7 Å². The Kier molecular flexibility index (Phi) is 8.32. The number of hydrogen-bond acceptors (Lipinski definition) is 6. The summed E-state index contributed by atoms with van der Waals surface area (Å²) in [4.78, 5) is 29.0. The van der Waals surface area contributed by atoms with Crippen molar-refractivity contribution in [2.45, 2.75) is 44.5 Å². The molecule has 0 unspecified atom stereocenters. The van der Waals surface area contributed by atoms with E-state index in [4.69, 9.17) is 9.97 Å². The quantitative estimate of drug-likeness (QED) is 0.454. The van der Waals surface area contributed by atoms with Gasteiger partial charge in [0.25, 0.3) is 5.91 Å². The molecule has 1 fully saturated rings. The SMILES string of the molecule is CCN(CC)c1cc(C(C)C)nc(SCc2cccc(C(=O)N3CCN(C)CC3)c2)n1. The summed E-state index contributed by atoms with van der Waals surface area (Å²) in [5.74, 6) is 2.21. The Hall–Kier alpha value is -2.12. The highest BCUT2D eigenvalue weighted by atomic mass is 32.2. The molecule has 0 radical (unpaired) electrons. The number of nitrogens with zero attached hydrogens (tertiary/aromatic N) is 5. The standard InChI is InChI=1S/C24H35N5OS/c1-6-28(7-2)22-16-21(18(3)4)25-24(26-22)31-17-19-9-8-10-20(15-19)23(30)29-13-11-27(5)12-14-29/h8-10,15-16,18H,6-7,11-14,17H2,1-5H3. The molecule has 31 heavy (non-hydrogen) atoms. The summed E-state index contributed by atoms with van der Waals surface area (Å²) in [5.41, 5.74) is 2.95.